The third kappa shape index (κ3) is 3.65. The Morgan fingerprint density at radius 3 is 2.37 bits per heavy atom. The zero-order valence-electron chi connectivity index (χ0n) is 11.7. The first-order valence-corrected chi connectivity index (χ1v) is 6.61. The summed E-state index contributed by atoms with van der Waals surface area (Å²) in [5.74, 6) is -0.137. The summed E-state index contributed by atoms with van der Waals surface area (Å²) >= 11 is 0. The van der Waals surface area contributed by atoms with Crippen LogP contribution in [-0.2, 0) is 6.54 Å². The standard InChI is InChI=1S/C17H20FN/c1-12-4-8-16(9-5-12)14(3)19-11-15-7-6-13(2)17(18)10-15/h4-10,14,19H,11H2,1-3H3/t14-/m0/s1. The highest BCUT2D eigenvalue weighted by atomic mass is 19.1. The molecule has 19 heavy (non-hydrogen) atoms. The van der Waals surface area contributed by atoms with E-state index in [1.165, 1.54) is 11.1 Å². The third-order valence-electron chi connectivity index (χ3n) is 3.43. The number of hydrogen-bond donors (Lipinski definition) is 1. The van der Waals surface area contributed by atoms with Crippen LogP contribution >= 0.6 is 0 Å². The zero-order valence-corrected chi connectivity index (χ0v) is 11.7. The molecular weight excluding hydrogens is 237 g/mol. The van der Waals surface area contributed by atoms with Crippen LogP contribution in [0.25, 0.3) is 0 Å². The van der Waals surface area contributed by atoms with Gasteiger partial charge in [-0.3, -0.25) is 0 Å². The molecule has 0 heterocycles. The van der Waals surface area contributed by atoms with Crippen LogP contribution in [0.2, 0.25) is 0 Å². The zero-order chi connectivity index (χ0) is 13.8. The normalized spacial score (nSPS) is 12.4. The molecule has 2 aromatic rings. The summed E-state index contributed by atoms with van der Waals surface area (Å²) in [4.78, 5) is 0. The Hall–Kier alpha value is -1.67. The van der Waals surface area contributed by atoms with E-state index in [9.17, 15) is 4.39 Å². The van der Waals surface area contributed by atoms with Crippen molar-refractivity contribution in [3.63, 3.8) is 0 Å². The predicted molar refractivity (Wildman–Crippen MR) is 77.6 cm³/mol. The summed E-state index contributed by atoms with van der Waals surface area (Å²) < 4.78 is 13.4. The molecule has 0 aromatic heterocycles. The summed E-state index contributed by atoms with van der Waals surface area (Å²) in [6, 6.07) is 14.1. The van der Waals surface area contributed by atoms with Gasteiger partial charge in [0, 0.05) is 12.6 Å². The minimum atomic E-state index is -0.137. The van der Waals surface area contributed by atoms with E-state index in [2.05, 4.69) is 43.4 Å². The van der Waals surface area contributed by atoms with E-state index in [0.717, 1.165) is 5.56 Å². The lowest BCUT2D eigenvalue weighted by molar-refractivity contribution is 0.568. The Bertz CT molecular complexity index is 546. The molecule has 0 aliphatic rings. The Labute approximate surface area is 114 Å². The van der Waals surface area contributed by atoms with Crippen LogP contribution in [-0.4, -0.2) is 0 Å². The van der Waals surface area contributed by atoms with Gasteiger partial charge in [0.1, 0.15) is 5.82 Å². The monoisotopic (exact) mass is 257 g/mol. The van der Waals surface area contributed by atoms with Gasteiger partial charge in [-0.15, -0.1) is 0 Å². The molecule has 1 N–H and O–H groups in total. The molecule has 2 heteroatoms. The van der Waals surface area contributed by atoms with Crippen molar-refractivity contribution >= 4 is 0 Å². The Kier molecular flexibility index (Phi) is 4.33. The first kappa shape index (κ1) is 13.8. The number of benzene rings is 2. The van der Waals surface area contributed by atoms with Gasteiger partial charge in [0.05, 0.1) is 0 Å². The average Bonchev–Trinajstić information content (AvgIpc) is 2.40. The summed E-state index contributed by atoms with van der Waals surface area (Å²) in [5, 5.41) is 3.41. The first-order chi connectivity index (χ1) is 9.06. The van der Waals surface area contributed by atoms with Gasteiger partial charge >= 0.3 is 0 Å². The fourth-order valence-corrected chi connectivity index (χ4v) is 1.99. The van der Waals surface area contributed by atoms with Gasteiger partial charge in [-0.2, -0.15) is 0 Å². The van der Waals surface area contributed by atoms with Crippen molar-refractivity contribution in [1.29, 1.82) is 0 Å². The van der Waals surface area contributed by atoms with Gasteiger partial charge in [-0.05, 0) is 43.5 Å². The van der Waals surface area contributed by atoms with Gasteiger partial charge in [-0.25, -0.2) is 4.39 Å². The van der Waals surface area contributed by atoms with Gasteiger partial charge < -0.3 is 5.32 Å². The maximum absolute atomic E-state index is 13.4. The Balaban J connectivity index is 1.98. The molecule has 2 rings (SSSR count). The lowest BCUT2D eigenvalue weighted by atomic mass is 10.1. The molecule has 100 valence electrons. The fourth-order valence-electron chi connectivity index (χ4n) is 1.99. The molecule has 1 atom stereocenters. The average molecular weight is 257 g/mol. The summed E-state index contributed by atoms with van der Waals surface area (Å²) in [5.41, 5.74) is 4.17. The molecule has 2 aromatic carbocycles. The van der Waals surface area contributed by atoms with Gasteiger partial charge in [0.2, 0.25) is 0 Å². The lowest BCUT2D eigenvalue weighted by Gasteiger charge is -2.15. The predicted octanol–water partition coefficient (Wildman–Crippen LogP) is 4.29. The van der Waals surface area contributed by atoms with Crippen LogP contribution in [0.15, 0.2) is 42.5 Å². The largest absolute Gasteiger partial charge is 0.306 e. The Morgan fingerprint density at radius 1 is 1.05 bits per heavy atom. The SMILES string of the molecule is Cc1ccc([C@H](C)NCc2ccc(C)c(F)c2)cc1. The lowest BCUT2D eigenvalue weighted by Crippen LogP contribution is -2.18. The van der Waals surface area contributed by atoms with Crippen molar-refractivity contribution in [1.82, 2.24) is 5.32 Å². The van der Waals surface area contributed by atoms with E-state index in [1.807, 2.05) is 12.1 Å². The fraction of sp³-hybridized carbons (Fsp3) is 0.294. The van der Waals surface area contributed by atoms with Crippen molar-refractivity contribution in [2.75, 3.05) is 0 Å². The number of rotatable bonds is 4. The smallest absolute Gasteiger partial charge is 0.126 e. The number of nitrogens with one attached hydrogen (secondary N) is 1. The Morgan fingerprint density at radius 2 is 1.74 bits per heavy atom. The molecule has 1 nitrogen and oxygen atoms in total. The van der Waals surface area contributed by atoms with Crippen molar-refractivity contribution < 1.29 is 4.39 Å². The summed E-state index contributed by atoms with van der Waals surface area (Å²) in [7, 11) is 0. The quantitative estimate of drug-likeness (QED) is 0.861. The van der Waals surface area contributed by atoms with Crippen molar-refractivity contribution in [3.8, 4) is 0 Å². The maximum Gasteiger partial charge on any atom is 0.126 e. The van der Waals surface area contributed by atoms with E-state index < -0.39 is 0 Å². The molecule has 0 saturated carbocycles. The maximum atomic E-state index is 13.4. The van der Waals surface area contributed by atoms with Crippen molar-refractivity contribution in [2.45, 2.75) is 33.4 Å². The van der Waals surface area contributed by atoms with Crippen LogP contribution in [0.3, 0.4) is 0 Å². The second-order valence-corrected chi connectivity index (χ2v) is 5.10. The van der Waals surface area contributed by atoms with Crippen molar-refractivity contribution in [2.24, 2.45) is 0 Å². The van der Waals surface area contributed by atoms with Crippen LogP contribution < -0.4 is 5.32 Å². The molecule has 0 aliphatic carbocycles. The van der Waals surface area contributed by atoms with Gasteiger partial charge in [-0.1, -0.05) is 42.0 Å². The molecule has 0 amide bonds. The minimum Gasteiger partial charge on any atom is -0.306 e. The van der Waals surface area contributed by atoms with Crippen LogP contribution in [0, 0.1) is 19.7 Å². The molecule has 0 unspecified atom stereocenters. The molecular formula is C17H20FN. The van der Waals surface area contributed by atoms with Gasteiger partial charge in [0.25, 0.3) is 0 Å². The topological polar surface area (TPSA) is 12.0 Å². The number of hydrogen-bond acceptors (Lipinski definition) is 1. The number of aryl methyl sites for hydroxylation is 2. The van der Waals surface area contributed by atoms with Crippen LogP contribution in [0.5, 0.6) is 0 Å². The van der Waals surface area contributed by atoms with Crippen LogP contribution in [0.1, 0.15) is 35.2 Å². The van der Waals surface area contributed by atoms with Gasteiger partial charge in [0.15, 0.2) is 0 Å². The number of halogens is 1. The van der Waals surface area contributed by atoms with Crippen LogP contribution in [0.4, 0.5) is 4.39 Å². The van der Waals surface area contributed by atoms with E-state index in [1.54, 1.807) is 13.0 Å². The van der Waals surface area contributed by atoms with E-state index in [0.29, 0.717) is 12.1 Å². The second kappa shape index (κ2) is 5.98. The molecule has 0 fully saturated rings. The summed E-state index contributed by atoms with van der Waals surface area (Å²) in [6.07, 6.45) is 0. The highest BCUT2D eigenvalue weighted by Crippen LogP contribution is 2.15. The van der Waals surface area contributed by atoms with E-state index in [4.69, 9.17) is 0 Å². The van der Waals surface area contributed by atoms with E-state index in [-0.39, 0.29) is 11.9 Å². The summed E-state index contributed by atoms with van der Waals surface area (Å²) in [6.45, 7) is 6.65. The third-order valence-corrected chi connectivity index (χ3v) is 3.43. The second-order valence-electron chi connectivity index (χ2n) is 5.10. The van der Waals surface area contributed by atoms with E-state index >= 15 is 0 Å². The highest BCUT2D eigenvalue weighted by Gasteiger charge is 2.05. The molecule has 0 bridgehead atoms. The first-order valence-electron chi connectivity index (χ1n) is 6.61. The molecule has 0 aliphatic heterocycles. The molecule has 0 saturated heterocycles. The molecule has 0 radical (unpaired) electrons. The minimum absolute atomic E-state index is 0.137. The molecule has 0 spiro atoms. The van der Waals surface area contributed by atoms with Crippen molar-refractivity contribution in [3.05, 3.63) is 70.5 Å². The highest BCUT2D eigenvalue weighted by molar-refractivity contribution is 5.25.